The van der Waals surface area contributed by atoms with E-state index < -0.39 is 0 Å². The van der Waals surface area contributed by atoms with E-state index in [4.69, 9.17) is 9.47 Å². The molecule has 1 atom stereocenters. The van der Waals surface area contributed by atoms with Gasteiger partial charge in [0.2, 0.25) is 10.8 Å². The monoisotopic (exact) mass is 388 g/mol. The van der Waals surface area contributed by atoms with Crippen LogP contribution in [0.25, 0.3) is 4.96 Å². The largest absolute Gasteiger partial charge is 0.494 e. The Morgan fingerprint density at radius 1 is 1.30 bits per heavy atom. The summed E-state index contributed by atoms with van der Waals surface area (Å²) in [5.41, 5.74) is 1.08. The molecule has 0 spiro atoms. The maximum Gasteiger partial charge on any atom is 0.230 e. The molecule has 1 saturated heterocycles. The molecule has 0 bridgehead atoms. The number of fused-ring (bicyclic) bond motifs is 1. The molecule has 1 N–H and O–H groups in total. The predicted octanol–water partition coefficient (Wildman–Crippen LogP) is 2.88. The van der Waals surface area contributed by atoms with E-state index in [2.05, 4.69) is 27.1 Å². The van der Waals surface area contributed by atoms with E-state index >= 15 is 0 Å². The molecule has 0 saturated carbocycles. The molecule has 1 unspecified atom stereocenters. The van der Waals surface area contributed by atoms with Crippen molar-refractivity contribution >= 4 is 16.3 Å². The van der Waals surface area contributed by atoms with Crippen molar-refractivity contribution in [3.8, 4) is 11.6 Å². The normalized spacial score (nSPS) is 16.7. The van der Waals surface area contributed by atoms with Crippen molar-refractivity contribution in [1.29, 1.82) is 0 Å². The lowest BCUT2D eigenvalue weighted by atomic mass is 10.0. The third kappa shape index (κ3) is 3.52. The molecule has 1 aliphatic heterocycles. The van der Waals surface area contributed by atoms with Crippen LogP contribution in [0.5, 0.6) is 11.6 Å². The van der Waals surface area contributed by atoms with Crippen LogP contribution in [0.1, 0.15) is 36.2 Å². The quantitative estimate of drug-likeness (QED) is 0.700. The number of aromatic hydroxyl groups is 1. The summed E-state index contributed by atoms with van der Waals surface area (Å²) in [6.45, 7) is 7.57. The number of rotatable bonds is 6. The predicted molar refractivity (Wildman–Crippen MR) is 104 cm³/mol. The summed E-state index contributed by atoms with van der Waals surface area (Å²) in [4.78, 5) is 8.43. The summed E-state index contributed by atoms with van der Waals surface area (Å²) in [6.07, 6.45) is 0.743. The highest BCUT2D eigenvalue weighted by molar-refractivity contribution is 7.17. The minimum absolute atomic E-state index is 0.0899. The first-order valence-corrected chi connectivity index (χ1v) is 10.1. The molecule has 4 rings (SSSR count). The molecule has 1 aliphatic rings. The first-order valence-electron chi connectivity index (χ1n) is 9.33. The summed E-state index contributed by atoms with van der Waals surface area (Å²) in [5, 5.41) is 15.3. The third-order valence-corrected chi connectivity index (χ3v) is 5.78. The fraction of sp³-hybridized carbons (Fsp3) is 0.474. The van der Waals surface area contributed by atoms with Crippen LogP contribution >= 0.6 is 11.3 Å². The first-order chi connectivity index (χ1) is 13.2. The number of aryl methyl sites for hydroxylation is 1. The van der Waals surface area contributed by atoms with Gasteiger partial charge in [0.15, 0.2) is 5.82 Å². The number of nitrogens with zero attached hydrogens (tertiary/aromatic N) is 4. The van der Waals surface area contributed by atoms with Crippen LogP contribution in [0, 0.1) is 0 Å². The highest BCUT2D eigenvalue weighted by Crippen LogP contribution is 2.40. The van der Waals surface area contributed by atoms with Gasteiger partial charge >= 0.3 is 0 Å². The molecule has 0 aliphatic carbocycles. The van der Waals surface area contributed by atoms with Crippen molar-refractivity contribution < 1.29 is 14.6 Å². The van der Waals surface area contributed by atoms with E-state index in [-0.39, 0.29) is 11.9 Å². The van der Waals surface area contributed by atoms with Crippen LogP contribution < -0.4 is 4.74 Å². The number of ether oxygens (including phenoxy) is 2. The molecule has 8 heteroatoms. The number of hydrogen-bond donors (Lipinski definition) is 1. The summed E-state index contributed by atoms with van der Waals surface area (Å²) >= 11 is 1.49. The average Bonchev–Trinajstić information content (AvgIpc) is 3.23. The van der Waals surface area contributed by atoms with Gasteiger partial charge in [0, 0.05) is 19.5 Å². The maximum absolute atomic E-state index is 10.9. The second kappa shape index (κ2) is 7.84. The maximum atomic E-state index is 10.9. The molecule has 1 fully saturated rings. The SMILES string of the molecule is CCOc1cccc(C(c2sc3nc(CC)nn3c2O)N2CCOCC2)c1. The minimum Gasteiger partial charge on any atom is -0.494 e. The highest BCUT2D eigenvalue weighted by atomic mass is 32.1. The Hall–Kier alpha value is -2.16. The van der Waals surface area contributed by atoms with Gasteiger partial charge in [0.05, 0.1) is 30.7 Å². The van der Waals surface area contributed by atoms with E-state index in [0.717, 1.165) is 46.5 Å². The molecule has 2 aromatic heterocycles. The zero-order valence-corrected chi connectivity index (χ0v) is 16.4. The summed E-state index contributed by atoms with van der Waals surface area (Å²) in [6, 6.07) is 8.00. The lowest BCUT2D eigenvalue weighted by Gasteiger charge is -2.34. The van der Waals surface area contributed by atoms with Crippen molar-refractivity contribution in [2.24, 2.45) is 0 Å². The second-order valence-electron chi connectivity index (χ2n) is 6.42. The summed E-state index contributed by atoms with van der Waals surface area (Å²) in [7, 11) is 0. The molecule has 3 aromatic rings. The number of benzene rings is 1. The molecule has 3 heterocycles. The van der Waals surface area contributed by atoms with Crippen LogP contribution in [-0.4, -0.2) is 57.5 Å². The van der Waals surface area contributed by atoms with Gasteiger partial charge in [-0.25, -0.2) is 4.98 Å². The van der Waals surface area contributed by atoms with Crippen LogP contribution in [0.15, 0.2) is 24.3 Å². The Kier molecular flexibility index (Phi) is 5.29. The van der Waals surface area contributed by atoms with Crippen molar-refractivity contribution in [3.05, 3.63) is 40.5 Å². The second-order valence-corrected chi connectivity index (χ2v) is 7.43. The highest BCUT2D eigenvalue weighted by Gasteiger charge is 2.30. The van der Waals surface area contributed by atoms with Crippen molar-refractivity contribution in [2.75, 3.05) is 32.9 Å². The zero-order chi connectivity index (χ0) is 18.8. The van der Waals surface area contributed by atoms with Gasteiger partial charge in [-0.1, -0.05) is 30.4 Å². The Morgan fingerprint density at radius 3 is 2.81 bits per heavy atom. The number of hydrogen-bond acceptors (Lipinski definition) is 7. The lowest BCUT2D eigenvalue weighted by molar-refractivity contribution is 0.0240. The summed E-state index contributed by atoms with van der Waals surface area (Å²) in [5.74, 6) is 1.74. The minimum atomic E-state index is -0.0899. The fourth-order valence-electron chi connectivity index (χ4n) is 3.42. The molecule has 0 amide bonds. The van der Waals surface area contributed by atoms with Gasteiger partial charge < -0.3 is 14.6 Å². The molecule has 1 aromatic carbocycles. The van der Waals surface area contributed by atoms with E-state index in [1.165, 1.54) is 11.3 Å². The van der Waals surface area contributed by atoms with E-state index in [1.807, 2.05) is 26.0 Å². The molecule has 144 valence electrons. The zero-order valence-electron chi connectivity index (χ0n) is 15.6. The molecule has 27 heavy (non-hydrogen) atoms. The number of aromatic nitrogens is 3. The van der Waals surface area contributed by atoms with Gasteiger partial charge in [-0.3, -0.25) is 4.90 Å². The number of thiazole rings is 1. The molecular weight excluding hydrogens is 364 g/mol. The van der Waals surface area contributed by atoms with Crippen LogP contribution in [-0.2, 0) is 11.2 Å². The van der Waals surface area contributed by atoms with E-state index in [0.29, 0.717) is 19.8 Å². The topological polar surface area (TPSA) is 72.1 Å². The van der Waals surface area contributed by atoms with Crippen LogP contribution in [0.2, 0.25) is 0 Å². The molecule has 0 radical (unpaired) electrons. The summed E-state index contributed by atoms with van der Waals surface area (Å²) < 4.78 is 12.8. The van der Waals surface area contributed by atoms with E-state index in [1.54, 1.807) is 4.52 Å². The average molecular weight is 388 g/mol. The fourth-order valence-corrected chi connectivity index (χ4v) is 4.56. The standard InChI is InChI=1S/C19H24N4O3S/c1-3-15-20-19-23(21-15)18(24)17(27-19)16(22-8-10-25-11-9-22)13-6-5-7-14(12-13)26-4-2/h5-7,12,16,24H,3-4,8-11H2,1-2H3. The molecular formula is C19H24N4O3S. The van der Waals surface area contributed by atoms with E-state index in [9.17, 15) is 5.11 Å². The number of morpholine rings is 1. The van der Waals surface area contributed by atoms with Gasteiger partial charge in [-0.05, 0) is 24.6 Å². The third-order valence-electron chi connectivity index (χ3n) is 4.70. The first kappa shape index (κ1) is 18.2. The Morgan fingerprint density at radius 2 is 2.11 bits per heavy atom. The van der Waals surface area contributed by atoms with Crippen molar-refractivity contribution in [2.45, 2.75) is 26.3 Å². The van der Waals surface area contributed by atoms with Gasteiger partial charge in [-0.2, -0.15) is 4.52 Å². The van der Waals surface area contributed by atoms with Gasteiger partial charge in [0.1, 0.15) is 5.75 Å². The van der Waals surface area contributed by atoms with Crippen molar-refractivity contribution in [3.63, 3.8) is 0 Å². The lowest BCUT2D eigenvalue weighted by Crippen LogP contribution is -2.39. The Balaban J connectivity index is 1.79. The van der Waals surface area contributed by atoms with Gasteiger partial charge in [-0.15, -0.1) is 5.10 Å². The molecule has 7 nitrogen and oxygen atoms in total. The van der Waals surface area contributed by atoms with Gasteiger partial charge in [0.25, 0.3) is 0 Å². The van der Waals surface area contributed by atoms with Crippen LogP contribution in [0.4, 0.5) is 0 Å². The Bertz CT molecular complexity index is 917. The van der Waals surface area contributed by atoms with Crippen molar-refractivity contribution in [1.82, 2.24) is 19.5 Å². The Labute approximate surface area is 162 Å². The smallest absolute Gasteiger partial charge is 0.230 e. The van der Waals surface area contributed by atoms with Crippen LogP contribution in [0.3, 0.4) is 0 Å².